The number of nitrogens with zero attached hydrogens (tertiary/aromatic N) is 2. The van der Waals surface area contributed by atoms with Crippen molar-refractivity contribution in [2.75, 3.05) is 6.54 Å². The van der Waals surface area contributed by atoms with Crippen LogP contribution in [0.4, 0.5) is 18.0 Å². The van der Waals surface area contributed by atoms with Crippen LogP contribution in [0.15, 0.2) is 30.5 Å². The van der Waals surface area contributed by atoms with Gasteiger partial charge in [0, 0.05) is 17.5 Å². The third kappa shape index (κ3) is 3.56. The van der Waals surface area contributed by atoms with Crippen molar-refractivity contribution in [2.45, 2.75) is 38.5 Å². The van der Waals surface area contributed by atoms with Gasteiger partial charge in [-0.1, -0.05) is 6.07 Å². The fourth-order valence-electron chi connectivity index (χ4n) is 3.19. The van der Waals surface area contributed by atoms with Gasteiger partial charge in [0.1, 0.15) is 5.60 Å². The molecule has 2 aliphatic rings. The van der Waals surface area contributed by atoms with Crippen molar-refractivity contribution in [1.29, 1.82) is 0 Å². The van der Waals surface area contributed by atoms with Crippen LogP contribution >= 0.6 is 0 Å². The average Bonchev–Trinajstić information content (AvgIpc) is 3.28. The van der Waals surface area contributed by atoms with E-state index in [1.165, 1.54) is 12.1 Å². The largest absolute Gasteiger partial charge is 0.441 e. The summed E-state index contributed by atoms with van der Waals surface area (Å²) in [5.74, 6) is -1.39. The molecule has 2 heterocycles. The van der Waals surface area contributed by atoms with Crippen molar-refractivity contribution in [1.82, 2.24) is 9.88 Å². The van der Waals surface area contributed by atoms with Gasteiger partial charge in [0.05, 0.1) is 13.1 Å². The summed E-state index contributed by atoms with van der Waals surface area (Å²) in [7, 11) is 0. The number of aryl methyl sites for hydroxylation is 1. The lowest BCUT2D eigenvalue weighted by molar-refractivity contribution is -0.0521. The van der Waals surface area contributed by atoms with Gasteiger partial charge < -0.3 is 9.47 Å². The molecule has 1 aliphatic heterocycles. The number of amides is 1. The van der Waals surface area contributed by atoms with Crippen molar-refractivity contribution in [2.24, 2.45) is 0 Å². The lowest BCUT2D eigenvalue weighted by atomic mass is 10.0. The minimum Gasteiger partial charge on any atom is -0.441 e. The quantitative estimate of drug-likeness (QED) is 0.779. The van der Waals surface area contributed by atoms with Crippen molar-refractivity contribution >= 4 is 6.09 Å². The van der Waals surface area contributed by atoms with Gasteiger partial charge >= 0.3 is 12.7 Å². The highest BCUT2D eigenvalue weighted by Crippen LogP contribution is 2.45. The van der Waals surface area contributed by atoms with Crippen molar-refractivity contribution < 1.29 is 27.4 Å². The number of benzene rings is 1. The Morgan fingerprint density at radius 3 is 2.74 bits per heavy atom. The molecule has 1 aromatic heterocycles. The van der Waals surface area contributed by atoms with Crippen LogP contribution in [-0.4, -0.2) is 34.7 Å². The molecule has 4 rings (SSSR count). The lowest BCUT2D eigenvalue weighted by Gasteiger charge is -2.15. The molecule has 0 radical (unpaired) electrons. The minimum atomic E-state index is -3.11. The molecule has 142 valence electrons. The van der Waals surface area contributed by atoms with Crippen LogP contribution < -0.4 is 4.74 Å². The summed E-state index contributed by atoms with van der Waals surface area (Å²) < 4.78 is 48.1. The number of ether oxygens (including phenoxy) is 2. The minimum absolute atomic E-state index is 0.311. The predicted octanol–water partition coefficient (Wildman–Crippen LogP) is 4.28. The second-order valence-corrected chi connectivity index (χ2v) is 6.90. The van der Waals surface area contributed by atoms with Crippen LogP contribution in [-0.2, 0) is 11.3 Å². The standard InChI is InChI=1S/C19H17F3N2O3/c1-11-14(9-24-10-19(4-5-19)27-18(24)25)6-13(8-23-11)12-2-3-15(20)16(7-12)26-17(21)22/h2-3,6-8,17H,4-5,9-10H2,1H3. The van der Waals surface area contributed by atoms with E-state index in [-0.39, 0.29) is 11.7 Å². The number of aromatic nitrogens is 1. The van der Waals surface area contributed by atoms with Gasteiger partial charge in [0.15, 0.2) is 11.6 Å². The first-order valence-corrected chi connectivity index (χ1v) is 8.53. The van der Waals surface area contributed by atoms with Crippen LogP contribution in [0.25, 0.3) is 11.1 Å². The van der Waals surface area contributed by atoms with Crippen LogP contribution in [0.5, 0.6) is 5.75 Å². The molecule has 1 amide bonds. The first kappa shape index (κ1) is 17.6. The van der Waals surface area contributed by atoms with E-state index in [0.717, 1.165) is 30.2 Å². The number of carbonyl (C=O) groups excluding carboxylic acids is 1. The van der Waals surface area contributed by atoms with Crippen LogP contribution in [0.2, 0.25) is 0 Å². The third-order valence-corrected chi connectivity index (χ3v) is 4.88. The maximum atomic E-state index is 13.6. The zero-order chi connectivity index (χ0) is 19.2. The van der Waals surface area contributed by atoms with E-state index in [4.69, 9.17) is 4.74 Å². The molecule has 0 atom stereocenters. The van der Waals surface area contributed by atoms with Gasteiger partial charge in [-0.25, -0.2) is 9.18 Å². The molecular formula is C19H17F3N2O3. The van der Waals surface area contributed by atoms with Crippen LogP contribution in [0, 0.1) is 12.7 Å². The highest BCUT2D eigenvalue weighted by molar-refractivity contribution is 5.72. The summed E-state index contributed by atoms with van der Waals surface area (Å²) in [4.78, 5) is 18.0. The van der Waals surface area contributed by atoms with Gasteiger partial charge in [-0.15, -0.1) is 0 Å². The highest BCUT2D eigenvalue weighted by atomic mass is 19.3. The SMILES string of the molecule is Cc1ncc(-c2ccc(F)c(OC(F)F)c2)cc1CN1CC2(CC2)OC1=O. The molecule has 0 unspecified atom stereocenters. The molecule has 1 aromatic carbocycles. The molecule has 5 nitrogen and oxygen atoms in total. The first-order chi connectivity index (χ1) is 12.8. The van der Waals surface area contributed by atoms with Crippen LogP contribution in [0.3, 0.4) is 0 Å². The molecule has 1 saturated carbocycles. The van der Waals surface area contributed by atoms with Gasteiger partial charge in [-0.05, 0) is 49.1 Å². The Kier molecular flexibility index (Phi) is 4.20. The van der Waals surface area contributed by atoms with Gasteiger partial charge in [0.2, 0.25) is 0 Å². The van der Waals surface area contributed by atoms with E-state index in [1.807, 2.05) is 13.0 Å². The Morgan fingerprint density at radius 2 is 2.07 bits per heavy atom. The Labute approximate surface area is 153 Å². The number of carbonyl (C=O) groups is 1. The smallest absolute Gasteiger partial charge is 0.410 e. The molecule has 1 aliphatic carbocycles. The zero-order valence-electron chi connectivity index (χ0n) is 14.5. The van der Waals surface area contributed by atoms with Gasteiger partial charge in [0.25, 0.3) is 0 Å². The molecule has 0 bridgehead atoms. The number of hydrogen-bond acceptors (Lipinski definition) is 4. The second-order valence-electron chi connectivity index (χ2n) is 6.90. The normalized spacial score (nSPS) is 17.5. The van der Waals surface area contributed by atoms with E-state index in [0.29, 0.717) is 24.2 Å². The number of pyridine rings is 1. The molecule has 1 saturated heterocycles. The summed E-state index contributed by atoms with van der Waals surface area (Å²) in [6, 6.07) is 5.56. The number of halogens is 3. The van der Waals surface area contributed by atoms with Crippen LogP contribution in [0.1, 0.15) is 24.1 Å². The molecule has 8 heteroatoms. The van der Waals surface area contributed by atoms with Gasteiger partial charge in [-0.2, -0.15) is 8.78 Å². The summed E-state index contributed by atoms with van der Waals surface area (Å²) in [5.41, 5.74) is 2.35. The lowest BCUT2D eigenvalue weighted by Crippen LogP contribution is -2.25. The monoisotopic (exact) mass is 378 g/mol. The topological polar surface area (TPSA) is 51.7 Å². The summed E-state index contributed by atoms with van der Waals surface area (Å²) >= 11 is 0. The number of hydrogen-bond donors (Lipinski definition) is 0. The summed E-state index contributed by atoms with van der Waals surface area (Å²) in [6.07, 6.45) is 3.00. The van der Waals surface area contributed by atoms with E-state index < -0.39 is 18.2 Å². The molecule has 2 fully saturated rings. The Morgan fingerprint density at radius 1 is 1.30 bits per heavy atom. The number of rotatable bonds is 5. The van der Waals surface area contributed by atoms with Crippen molar-refractivity contribution in [3.8, 4) is 16.9 Å². The van der Waals surface area contributed by atoms with E-state index in [9.17, 15) is 18.0 Å². The Balaban J connectivity index is 1.60. The fourth-order valence-corrected chi connectivity index (χ4v) is 3.19. The van der Waals surface area contributed by atoms with E-state index in [1.54, 1.807) is 11.1 Å². The van der Waals surface area contributed by atoms with Crippen molar-refractivity contribution in [3.05, 3.63) is 47.5 Å². The first-order valence-electron chi connectivity index (χ1n) is 8.53. The Bertz CT molecular complexity index is 900. The summed E-state index contributed by atoms with van der Waals surface area (Å²) in [5, 5.41) is 0. The maximum absolute atomic E-state index is 13.6. The molecule has 1 spiro atoms. The molecule has 27 heavy (non-hydrogen) atoms. The molecule has 2 aromatic rings. The summed E-state index contributed by atoms with van der Waals surface area (Å²) in [6.45, 7) is -0.395. The molecule has 0 N–H and O–H groups in total. The predicted molar refractivity (Wildman–Crippen MR) is 89.9 cm³/mol. The third-order valence-electron chi connectivity index (χ3n) is 4.88. The average molecular weight is 378 g/mol. The highest BCUT2D eigenvalue weighted by Gasteiger charge is 2.54. The van der Waals surface area contributed by atoms with E-state index in [2.05, 4.69) is 9.72 Å². The van der Waals surface area contributed by atoms with Crippen molar-refractivity contribution in [3.63, 3.8) is 0 Å². The van der Waals surface area contributed by atoms with Gasteiger partial charge in [-0.3, -0.25) is 9.88 Å². The second kappa shape index (κ2) is 6.44. The maximum Gasteiger partial charge on any atom is 0.410 e. The fraction of sp³-hybridized carbons (Fsp3) is 0.368. The Hall–Kier alpha value is -2.77. The molecular weight excluding hydrogens is 361 g/mol. The van der Waals surface area contributed by atoms with E-state index >= 15 is 0 Å². The zero-order valence-corrected chi connectivity index (χ0v) is 14.5. The number of alkyl halides is 2.